The highest BCUT2D eigenvalue weighted by Gasteiger charge is 2.04. The van der Waals surface area contributed by atoms with Gasteiger partial charge in [-0.2, -0.15) is 0 Å². The molecule has 0 aliphatic heterocycles. The van der Waals surface area contributed by atoms with Crippen molar-refractivity contribution in [3.8, 4) is 0 Å². The van der Waals surface area contributed by atoms with E-state index in [1.165, 1.54) is 24.8 Å². The summed E-state index contributed by atoms with van der Waals surface area (Å²) >= 11 is 0. The molecule has 0 heterocycles. The van der Waals surface area contributed by atoms with E-state index in [1.54, 1.807) is 0 Å². The third kappa shape index (κ3) is 1.74. The topological polar surface area (TPSA) is 20.2 Å². The smallest absolute Gasteiger partial charge is 0.0911 e. The molecule has 1 nitrogen and oxygen atoms in total. The van der Waals surface area contributed by atoms with Crippen molar-refractivity contribution in [3.63, 3.8) is 0 Å². The highest BCUT2D eigenvalue weighted by Crippen LogP contribution is 2.20. The summed E-state index contributed by atoms with van der Waals surface area (Å²) in [5.74, 6) is 0.646. The molecule has 0 atom stereocenters. The Kier molecular flexibility index (Phi) is 2.15. The van der Waals surface area contributed by atoms with Crippen LogP contribution in [-0.2, 0) is 0 Å². The second-order valence-electron chi connectivity index (χ2n) is 2.79. The standard InChI is InChI=1S/C8H14O/c1-7-5-3-2-4-6-8(7)9/h9H,2-6H2,1H3. The van der Waals surface area contributed by atoms with Gasteiger partial charge < -0.3 is 5.11 Å². The first-order valence-corrected chi connectivity index (χ1v) is 3.68. The fourth-order valence-electron chi connectivity index (χ4n) is 1.22. The van der Waals surface area contributed by atoms with Crippen LogP contribution in [0, 0.1) is 0 Å². The molecule has 0 bridgehead atoms. The monoisotopic (exact) mass is 126 g/mol. The first-order chi connectivity index (χ1) is 4.30. The predicted octanol–water partition coefficient (Wildman–Crippen LogP) is 2.78. The molecule has 1 N–H and O–H groups in total. The molecule has 0 saturated carbocycles. The van der Waals surface area contributed by atoms with Gasteiger partial charge >= 0.3 is 0 Å². The third-order valence-electron chi connectivity index (χ3n) is 1.96. The lowest BCUT2D eigenvalue weighted by Crippen LogP contribution is -1.82. The molecule has 1 heteroatoms. The minimum Gasteiger partial charge on any atom is -0.512 e. The molecule has 9 heavy (non-hydrogen) atoms. The normalized spacial score (nSPS) is 21.9. The van der Waals surface area contributed by atoms with Gasteiger partial charge in [0.2, 0.25) is 0 Å². The van der Waals surface area contributed by atoms with Gasteiger partial charge in [-0.25, -0.2) is 0 Å². The zero-order valence-electron chi connectivity index (χ0n) is 5.98. The number of hydrogen-bond donors (Lipinski definition) is 1. The summed E-state index contributed by atoms with van der Waals surface area (Å²) in [5, 5.41) is 9.24. The lowest BCUT2D eigenvalue weighted by atomic mass is 10.1. The number of aliphatic hydroxyl groups excluding tert-OH is 1. The Labute approximate surface area is 56.4 Å². The molecule has 0 saturated heterocycles. The Morgan fingerprint density at radius 3 is 2.56 bits per heavy atom. The van der Waals surface area contributed by atoms with E-state index in [1.807, 2.05) is 6.92 Å². The highest BCUT2D eigenvalue weighted by atomic mass is 16.3. The number of rotatable bonds is 0. The van der Waals surface area contributed by atoms with Gasteiger partial charge in [-0.1, -0.05) is 6.42 Å². The SMILES string of the molecule is CC1=C(O)CCCCC1. The zero-order chi connectivity index (χ0) is 6.69. The summed E-state index contributed by atoms with van der Waals surface area (Å²) in [6.07, 6.45) is 5.72. The van der Waals surface area contributed by atoms with Crippen molar-refractivity contribution >= 4 is 0 Å². The quantitative estimate of drug-likeness (QED) is 0.529. The predicted molar refractivity (Wildman–Crippen MR) is 38.4 cm³/mol. The van der Waals surface area contributed by atoms with Crippen LogP contribution in [0.5, 0.6) is 0 Å². The number of allylic oxidation sites excluding steroid dienone is 2. The fraction of sp³-hybridized carbons (Fsp3) is 0.750. The van der Waals surface area contributed by atoms with Crippen LogP contribution in [0.1, 0.15) is 39.0 Å². The molecule has 0 unspecified atom stereocenters. The second-order valence-corrected chi connectivity index (χ2v) is 2.79. The minimum atomic E-state index is 0.646. The maximum absolute atomic E-state index is 9.24. The van der Waals surface area contributed by atoms with E-state index < -0.39 is 0 Å². The number of aliphatic hydroxyl groups is 1. The first kappa shape index (κ1) is 6.66. The van der Waals surface area contributed by atoms with Gasteiger partial charge in [-0.05, 0) is 31.8 Å². The van der Waals surface area contributed by atoms with Crippen molar-refractivity contribution in [2.24, 2.45) is 0 Å². The van der Waals surface area contributed by atoms with Gasteiger partial charge in [-0.3, -0.25) is 0 Å². The van der Waals surface area contributed by atoms with Crippen LogP contribution in [0.4, 0.5) is 0 Å². The van der Waals surface area contributed by atoms with Gasteiger partial charge in [0.1, 0.15) is 0 Å². The van der Waals surface area contributed by atoms with Gasteiger partial charge in [0.25, 0.3) is 0 Å². The van der Waals surface area contributed by atoms with Crippen LogP contribution in [0.2, 0.25) is 0 Å². The van der Waals surface area contributed by atoms with Gasteiger partial charge in [0.05, 0.1) is 5.76 Å². The molecule has 1 aliphatic carbocycles. The maximum Gasteiger partial charge on any atom is 0.0911 e. The molecule has 0 amide bonds. The molecule has 1 rings (SSSR count). The molecule has 0 aromatic rings. The van der Waals surface area contributed by atoms with Crippen molar-refractivity contribution in [3.05, 3.63) is 11.3 Å². The van der Waals surface area contributed by atoms with Gasteiger partial charge in [-0.15, -0.1) is 0 Å². The van der Waals surface area contributed by atoms with E-state index in [0.717, 1.165) is 12.8 Å². The molecule has 1 aliphatic rings. The zero-order valence-corrected chi connectivity index (χ0v) is 5.98. The first-order valence-electron chi connectivity index (χ1n) is 3.68. The average Bonchev–Trinajstić information content (AvgIpc) is 1.99. The molecular weight excluding hydrogens is 112 g/mol. The summed E-state index contributed by atoms with van der Waals surface area (Å²) in [4.78, 5) is 0. The van der Waals surface area contributed by atoms with Crippen LogP contribution >= 0.6 is 0 Å². The van der Waals surface area contributed by atoms with Crippen LogP contribution in [0.15, 0.2) is 11.3 Å². The lowest BCUT2D eigenvalue weighted by molar-refractivity contribution is 0.379. The van der Waals surface area contributed by atoms with E-state index in [9.17, 15) is 5.11 Å². The van der Waals surface area contributed by atoms with E-state index in [2.05, 4.69) is 0 Å². The molecule has 52 valence electrons. The van der Waals surface area contributed by atoms with Gasteiger partial charge in [0, 0.05) is 6.42 Å². The van der Waals surface area contributed by atoms with Gasteiger partial charge in [0.15, 0.2) is 0 Å². The fourth-order valence-corrected chi connectivity index (χ4v) is 1.22. The van der Waals surface area contributed by atoms with Crippen molar-refractivity contribution in [1.82, 2.24) is 0 Å². The average molecular weight is 126 g/mol. The van der Waals surface area contributed by atoms with E-state index >= 15 is 0 Å². The number of hydrogen-bond acceptors (Lipinski definition) is 1. The second kappa shape index (κ2) is 2.90. The molecular formula is C8H14O. The van der Waals surface area contributed by atoms with Crippen LogP contribution in [0.3, 0.4) is 0 Å². The van der Waals surface area contributed by atoms with E-state index in [-0.39, 0.29) is 0 Å². The van der Waals surface area contributed by atoms with Crippen molar-refractivity contribution in [1.29, 1.82) is 0 Å². The molecule has 0 aromatic carbocycles. The summed E-state index contributed by atoms with van der Waals surface area (Å²) in [7, 11) is 0. The van der Waals surface area contributed by atoms with Crippen molar-refractivity contribution in [2.75, 3.05) is 0 Å². The molecule has 0 radical (unpaired) electrons. The largest absolute Gasteiger partial charge is 0.512 e. The van der Waals surface area contributed by atoms with Crippen molar-refractivity contribution in [2.45, 2.75) is 39.0 Å². The lowest BCUT2D eigenvalue weighted by Gasteiger charge is -1.97. The summed E-state index contributed by atoms with van der Waals surface area (Å²) in [6, 6.07) is 0. The summed E-state index contributed by atoms with van der Waals surface area (Å²) < 4.78 is 0. The highest BCUT2D eigenvalue weighted by molar-refractivity contribution is 5.05. The van der Waals surface area contributed by atoms with Crippen molar-refractivity contribution < 1.29 is 5.11 Å². The summed E-state index contributed by atoms with van der Waals surface area (Å²) in [6.45, 7) is 2.03. The summed E-state index contributed by atoms with van der Waals surface area (Å²) in [5.41, 5.74) is 1.20. The third-order valence-corrected chi connectivity index (χ3v) is 1.96. The molecule has 0 aromatic heterocycles. The van der Waals surface area contributed by atoms with Crippen LogP contribution in [0.25, 0.3) is 0 Å². The molecule has 0 fully saturated rings. The minimum absolute atomic E-state index is 0.646. The Morgan fingerprint density at radius 2 is 1.78 bits per heavy atom. The Hall–Kier alpha value is -0.460. The Morgan fingerprint density at radius 1 is 1.11 bits per heavy atom. The Balaban J connectivity index is 2.55. The van der Waals surface area contributed by atoms with Crippen LogP contribution < -0.4 is 0 Å². The van der Waals surface area contributed by atoms with E-state index in [4.69, 9.17) is 0 Å². The van der Waals surface area contributed by atoms with Crippen LogP contribution in [-0.4, -0.2) is 5.11 Å². The van der Waals surface area contributed by atoms with E-state index in [0.29, 0.717) is 5.76 Å². The Bertz CT molecular complexity index is 111. The maximum atomic E-state index is 9.24. The molecule has 0 spiro atoms.